The Balaban J connectivity index is 2.12. The first-order chi connectivity index (χ1) is 7.88. The molecule has 0 saturated carbocycles. The molecule has 1 aromatic heterocycles. The molecule has 0 amide bonds. The van der Waals surface area contributed by atoms with E-state index in [0.29, 0.717) is 5.82 Å². The van der Waals surface area contributed by atoms with Gasteiger partial charge in [0.25, 0.3) is 0 Å². The zero-order valence-electron chi connectivity index (χ0n) is 9.00. The number of hydrogen-bond acceptors (Lipinski definition) is 3. The van der Waals surface area contributed by atoms with Gasteiger partial charge in [0.15, 0.2) is 5.82 Å². The van der Waals surface area contributed by atoms with Gasteiger partial charge in [-0.2, -0.15) is 0 Å². The van der Waals surface area contributed by atoms with Crippen LogP contribution in [0.3, 0.4) is 0 Å². The van der Waals surface area contributed by atoms with E-state index in [1.165, 1.54) is 0 Å². The van der Waals surface area contributed by atoms with Crippen molar-refractivity contribution in [3.63, 3.8) is 0 Å². The van der Waals surface area contributed by atoms with Crippen LogP contribution in [0, 0.1) is 0 Å². The Morgan fingerprint density at radius 3 is 2.56 bits per heavy atom. The number of benzene rings is 1. The molecule has 0 atom stereocenters. The summed E-state index contributed by atoms with van der Waals surface area (Å²) >= 11 is 0. The minimum atomic E-state index is 0.707. The number of nitrogens with zero attached hydrogens (tertiary/aromatic N) is 2. The zero-order valence-corrected chi connectivity index (χ0v) is 9.00. The van der Waals surface area contributed by atoms with Crippen molar-refractivity contribution in [2.45, 2.75) is 0 Å². The van der Waals surface area contributed by atoms with Crippen molar-refractivity contribution in [1.29, 1.82) is 0 Å². The van der Waals surface area contributed by atoms with Gasteiger partial charge in [0.05, 0.1) is 7.11 Å². The summed E-state index contributed by atoms with van der Waals surface area (Å²) in [6.45, 7) is 0. The molecule has 0 spiro atoms. The molecular weight excluding hydrogens is 200 g/mol. The molecule has 2 aromatic rings. The summed E-state index contributed by atoms with van der Waals surface area (Å²) in [6, 6.07) is 13.3. The number of pyridine rings is 1. The molecule has 0 unspecified atom stereocenters. The third kappa shape index (κ3) is 2.67. The summed E-state index contributed by atoms with van der Waals surface area (Å²) in [7, 11) is 1.65. The highest BCUT2D eigenvalue weighted by Crippen LogP contribution is 2.11. The molecule has 0 saturated heterocycles. The maximum absolute atomic E-state index is 5.08. The highest BCUT2D eigenvalue weighted by Gasteiger charge is 1.91. The first-order valence-corrected chi connectivity index (χ1v) is 4.97. The van der Waals surface area contributed by atoms with E-state index >= 15 is 0 Å². The van der Waals surface area contributed by atoms with Crippen LogP contribution in [0.4, 0.5) is 5.82 Å². The number of hydrogen-bond donors (Lipinski definition) is 0. The maximum Gasteiger partial charge on any atom is 0.151 e. The average molecular weight is 212 g/mol. The molecule has 80 valence electrons. The average Bonchev–Trinajstić information content (AvgIpc) is 2.38. The largest absolute Gasteiger partial charge is 0.497 e. The molecule has 0 aliphatic heterocycles. The third-order valence-electron chi connectivity index (χ3n) is 2.11. The summed E-state index contributed by atoms with van der Waals surface area (Å²) < 4.78 is 5.08. The Morgan fingerprint density at radius 1 is 1.12 bits per heavy atom. The molecule has 0 fully saturated rings. The van der Waals surface area contributed by atoms with E-state index < -0.39 is 0 Å². The molecule has 16 heavy (non-hydrogen) atoms. The first-order valence-electron chi connectivity index (χ1n) is 4.97. The molecule has 0 radical (unpaired) electrons. The maximum atomic E-state index is 5.08. The standard InChI is InChI=1S/C13H12N2O/c1-16-12-7-5-11(6-8-12)10-15-13-4-2-3-9-14-13/h2-10H,1H3/b15-10+. The molecule has 3 heteroatoms. The number of methoxy groups -OCH3 is 1. The van der Waals surface area contributed by atoms with Crippen molar-refractivity contribution in [2.24, 2.45) is 4.99 Å². The van der Waals surface area contributed by atoms with Gasteiger partial charge in [-0.1, -0.05) is 6.07 Å². The number of rotatable bonds is 3. The Kier molecular flexibility index (Phi) is 3.28. The number of aromatic nitrogens is 1. The van der Waals surface area contributed by atoms with E-state index in [-0.39, 0.29) is 0 Å². The minimum absolute atomic E-state index is 0.707. The lowest BCUT2D eigenvalue weighted by Gasteiger charge is -1.98. The first kappa shape index (κ1) is 10.4. The van der Waals surface area contributed by atoms with Crippen LogP contribution in [0.25, 0.3) is 0 Å². The van der Waals surface area contributed by atoms with Crippen LogP contribution in [0.5, 0.6) is 5.75 Å². The summed E-state index contributed by atoms with van der Waals surface area (Å²) in [6.07, 6.45) is 3.50. The summed E-state index contributed by atoms with van der Waals surface area (Å²) in [5, 5.41) is 0. The predicted octanol–water partition coefficient (Wildman–Crippen LogP) is 2.84. The second-order valence-corrected chi connectivity index (χ2v) is 3.22. The van der Waals surface area contributed by atoms with Gasteiger partial charge < -0.3 is 4.74 Å². The molecular formula is C13H12N2O. The van der Waals surface area contributed by atoms with Gasteiger partial charge in [0.1, 0.15) is 5.75 Å². The van der Waals surface area contributed by atoms with Gasteiger partial charge in [0, 0.05) is 12.4 Å². The van der Waals surface area contributed by atoms with Crippen molar-refractivity contribution < 1.29 is 4.74 Å². The van der Waals surface area contributed by atoms with Crippen LogP contribution >= 0.6 is 0 Å². The number of ether oxygens (including phenoxy) is 1. The van der Waals surface area contributed by atoms with Gasteiger partial charge >= 0.3 is 0 Å². The molecule has 2 rings (SSSR count). The van der Waals surface area contributed by atoms with Gasteiger partial charge in [0.2, 0.25) is 0 Å². The van der Waals surface area contributed by atoms with Crippen LogP contribution in [0.1, 0.15) is 5.56 Å². The Hall–Kier alpha value is -2.16. The van der Waals surface area contributed by atoms with E-state index in [0.717, 1.165) is 11.3 Å². The normalized spacial score (nSPS) is 10.6. The molecule has 1 heterocycles. The number of aliphatic imine (C=N–C) groups is 1. The Bertz CT molecular complexity index is 463. The summed E-state index contributed by atoms with van der Waals surface area (Å²) in [5.74, 6) is 1.55. The van der Waals surface area contributed by atoms with Crippen LogP contribution < -0.4 is 4.74 Å². The quantitative estimate of drug-likeness (QED) is 0.733. The van der Waals surface area contributed by atoms with E-state index in [2.05, 4.69) is 9.98 Å². The van der Waals surface area contributed by atoms with Crippen LogP contribution in [0.15, 0.2) is 53.7 Å². The minimum Gasteiger partial charge on any atom is -0.497 e. The van der Waals surface area contributed by atoms with Gasteiger partial charge in [-0.15, -0.1) is 0 Å². The molecule has 1 aromatic carbocycles. The lowest BCUT2D eigenvalue weighted by molar-refractivity contribution is 0.415. The highest BCUT2D eigenvalue weighted by atomic mass is 16.5. The smallest absolute Gasteiger partial charge is 0.151 e. The third-order valence-corrected chi connectivity index (χ3v) is 2.11. The fourth-order valence-corrected chi connectivity index (χ4v) is 1.26. The van der Waals surface area contributed by atoms with Crippen molar-refractivity contribution in [3.8, 4) is 5.75 Å². The topological polar surface area (TPSA) is 34.5 Å². The van der Waals surface area contributed by atoms with Crippen LogP contribution in [0.2, 0.25) is 0 Å². The second kappa shape index (κ2) is 5.07. The Morgan fingerprint density at radius 2 is 1.94 bits per heavy atom. The van der Waals surface area contributed by atoms with E-state index in [9.17, 15) is 0 Å². The van der Waals surface area contributed by atoms with Gasteiger partial charge in [-0.3, -0.25) is 0 Å². The van der Waals surface area contributed by atoms with Crippen molar-refractivity contribution in [1.82, 2.24) is 4.98 Å². The van der Waals surface area contributed by atoms with Crippen LogP contribution in [-0.2, 0) is 0 Å². The second-order valence-electron chi connectivity index (χ2n) is 3.22. The highest BCUT2D eigenvalue weighted by molar-refractivity contribution is 5.81. The van der Waals surface area contributed by atoms with E-state index in [1.54, 1.807) is 19.5 Å². The lowest BCUT2D eigenvalue weighted by Crippen LogP contribution is -1.84. The SMILES string of the molecule is COc1ccc(/C=N/c2ccccn2)cc1. The fraction of sp³-hybridized carbons (Fsp3) is 0.0769. The summed E-state index contributed by atoms with van der Waals surface area (Å²) in [4.78, 5) is 8.36. The molecule has 3 nitrogen and oxygen atoms in total. The van der Waals surface area contributed by atoms with E-state index in [1.807, 2.05) is 42.5 Å². The summed E-state index contributed by atoms with van der Waals surface area (Å²) in [5.41, 5.74) is 1.02. The van der Waals surface area contributed by atoms with Crippen LogP contribution in [-0.4, -0.2) is 18.3 Å². The fourth-order valence-electron chi connectivity index (χ4n) is 1.26. The van der Waals surface area contributed by atoms with Crippen molar-refractivity contribution in [2.75, 3.05) is 7.11 Å². The lowest BCUT2D eigenvalue weighted by atomic mass is 10.2. The van der Waals surface area contributed by atoms with Crippen molar-refractivity contribution >= 4 is 12.0 Å². The van der Waals surface area contributed by atoms with E-state index in [4.69, 9.17) is 4.74 Å². The molecule has 0 N–H and O–H groups in total. The molecule has 0 bridgehead atoms. The van der Waals surface area contributed by atoms with Crippen molar-refractivity contribution in [3.05, 3.63) is 54.2 Å². The monoisotopic (exact) mass is 212 g/mol. The molecule has 0 aliphatic carbocycles. The molecule has 0 aliphatic rings. The van der Waals surface area contributed by atoms with Gasteiger partial charge in [-0.25, -0.2) is 9.98 Å². The predicted molar refractivity (Wildman–Crippen MR) is 64.5 cm³/mol. The van der Waals surface area contributed by atoms with Gasteiger partial charge in [-0.05, 0) is 42.0 Å². The zero-order chi connectivity index (χ0) is 11.2. The Labute approximate surface area is 94.4 Å².